The van der Waals surface area contributed by atoms with Crippen LogP contribution in [0, 0.1) is 6.92 Å². The lowest BCUT2D eigenvalue weighted by atomic mass is 10.0. The van der Waals surface area contributed by atoms with E-state index >= 15 is 0 Å². The van der Waals surface area contributed by atoms with Gasteiger partial charge in [-0.2, -0.15) is 4.98 Å². The zero-order chi connectivity index (χ0) is 27.5. The van der Waals surface area contributed by atoms with Gasteiger partial charge in [-0.3, -0.25) is 0 Å². The smallest absolute Gasteiger partial charge is 0.230 e. The molecule has 7 nitrogen and oxygen atoms in total. The van der Waals surface area contributed by atoms with E-state index in [-0.39, 0.29) is 12.9 Å². The molecule has 0 aliphatic heterocycles. The monoisotopic (exact) mass is 547 g/mol. The minimum absolute atomic E-state index is 0.0644. The number of nitrogens with zero attached hydrogens (tertiary/aromatic N) is 2. The number of anilines is 2. The molecule has 0 amide bonds. The summed E-state index contributed by atoms with van der Waals surface area (Å²) in [6.07, 6.45) is 2.33. The molecule has 1 unspecified atom stereocenters. The lowest BCUT2D eigenvalue weighted by molar-refractivity contribution is -0.0763. The van der Waals surface area contributed by atoms with Crippen molar-refractivity contribution in [2.45, 2.75) is 38.9 Å². The Hall–Kier alpha value is -3.65. The second-order valence-corrected chi connectivity index (χ2v) is 9.47. The van der Waals surface area contributed by atoms with Crippen LogP contribution in [-0.4, -0.2) is 31.0 Å². The summed E-state index contributed by atoms with van der Waals surface area (Å²) in [4.78, 5) is 9.41. The van der Waals surface area contributed by atoms with Gasteiger partial charge in [-0.15, -0.1) is 0 Å². The summed E-state index contributed by atoms with van der Waals surface area (Å²) in [6, 6.07) is 25.6. The van der Waals surface area contributed by atoms with Crippen LogP contribution < -0.4 is 14.8 Å². The lowest BCUT2D eigenvalue weighted by Crippen LogP contribution is -2.08. The van der Waals surface area contributed by atoms with E-state index in [0.29, 0.717) is 23.5 Å². The Labute approximate surface area is 235 Å². The van der Waals surface area contributed by atoms with Gasteiger partial charge in [-0.05, 0) is 67.1 Å². The van der Waals surface area contributed by atoms with Crippen molar-refractivity contribution in [1.82, 2.24) is 9.97 Å². The summed E-state index contributed by atoms with van der Waals surface area (Å²) >= 11 is 6.33. The highest BCUT2D eigenvalue weighted by Gasteiger charge is 2.14. The topological polar surface area (TPSA) is 74.7 Å². The molecular weight excluding hydrogens is 514 g/mol. The van der Waals surface area contributed by atoms with Crippen molar-refractivity contribution < 1.29 is 18.9 Å². The van der Waals surface area contributed by atoms with Gasteiger partial charge in [-0.1, -0.05) is 60.1 Å². The molecule has 0 fully saturated rings. The molecule has 0 aliphatic rings. The van der Waals surface area contributed by atoms with Crippen LogP contribution in [0.1, 0.15) is 41.3 Å². The number of methoxy groups -OCH3 is 2. The molecule has 0 radical (unpaired) electrons. The van der Waals surface area contributed by atoms with E-state index in [0.717, 1.165) is 53.1 Å². The summed E-state index contributed by atoms with van der Waals surface area (Å²) in [5.41, 5.74) is 4.78. The summed E-state index contributed by atoms with van der Waals surface area (Å²) in [5, 5.41) is 3.99. The van der Waals surface area contributed by atoms with Gasteiger partial charge >= 0.3 is 0 Å². The molecular formula is C31H34ClN3O4. The quantitative estimate of drug-likeness (QED) is 0.164. The maximum Gasteiger partial charge on any atom is 0.230 e. The summed E-state index contributed by atoms with van der Waals surface area (Å²) < 4.78 is 22.4. The fraction of sp³-hybridized carbons (Fsp3) is 0.290. The number of benzene rings is 3. The Balaban J connectivity index is 1.50. The number of aromatic nitrogens is 2. The first kappa shape index (κ1) is 28.4. The molecule has 204 valence electrons. The normalized spacial score (nSPS) is 11.7. The minimum atomic E-state index is -0.0644. The third-order valence-electron chi connectivity index (χ3n) is 6.27. The zero-order valence-electron chi connectivity index (χ0n) is 22.5. The molecule has 8 heteroatoms. The molecule has 1 atom stereocenters. The van der Waals surface area contributed by atoms with Crippen molar-refractivity contribution >= 4 is 23.2 Å². The van der Waals surface area contributed by atoms with Gasteiger partial charge in [-0.25, -0.2) is 4.98 Å². The van der Waals surface area contributed by atoms with Gasteiger partial charge in [0, 0.05) is 29.6 Å². The van der Waals surface area contributed by atoms with Gasteiger partial charge in [0.15, 0.2) is 0 Å². The third kappa shape index (κ3) is 8.42. The van der Waals surface area contributed by atoms with E-state index in [2.05, 4.69) is 22.4 Å². The lowest BCUT2D eigenvalue weighted by Gasteiger charge is -2.18. The first-order valence-corrected chi connectivity index (χ1v) is 13.2. The Kier molecular flexibility index (Phi) is 10.5. The van der Waals surface area contributed by atoms with Gasteiger partial charge in [0.25, 0.3) is 0 Å². The molecule has 0 saturated carbocycles. The Morgan fingerprint density at radius 2 is 1.72 bits per heavy atom. The number of halogens is 1. The summed E-state index contributed by atoms with van der Waals surface area (Å²) in [5.74, 6) is 1.75. The maximum absolute atomic E-state index is 6.33. The fourth-order valence-corrected chi connectivity index (χ4v) is 4.28. The van der Waals surface area contributed by atoms with E-state index in [1.54, 1.807) is 14.2 Å². The molecule has 1 heterocycles. The molecule has 39 heavy (non-hydrogen) atoms. The Morgan fingerprint density at radius 3 is 2.46 bits per heavy atom. The average Bonchev–Trinajstić information content (AvgIpc) is 2.97. The summed E-state index contributed by atoms with van der Waals surface area (Å²) in [6.45, 7) is 2.57. The minimum Gasteiger partial charge on any atom is -0.497 e. The van der Waals surface area contributed by atoms with Crippen molar-refractivity contribution in [3.63, 3.8) is 0 Å². The van der Waals surface area contributed by atoms with Crippen LogP contribution in [0.2, 0.25) is 5.02 Å². The molecule has 0 aliphatic carbocycles. The van der Waals surface area contributed by atoms with Crippen LogP contribution in [0.5, 0.6) is 11.6 Å². The molecule has 4 aromatic rings. The second-order valence-electron chi connectivity index (χ2n) is 9.06. The Morgan fingerprint density at radius 1 is 0.923 bits per heavy atom. The van der Waals surface area contributed by atoms with Crippen molar-refractivity contribution in [2.24, 2.45) is 0 Å². The largest absolute Gasteiger partial charge is 0.497 e. The molecule has 0 bridgehead atoms. The van der Waals surface area contributed by atoms with Crippen molar-refractivity contribution in [3.05, 3.63) is 106 Å². The molecule has 3 aromatic carbocycles. The number of rotatable bonds is 14. The number of aryl methyl sites for hydroxylation is 1. The predicted octanol–water partition coefficient (Wildman–Crippen LogP) is 7.45. The van der Waals surface area contributed by atoms with Gasteiger partial charge in [0.1, 0.15) is 19.1 Å². The highest BCUT2D eigenvalue weighted by atomic mass is 35.5. The first-order valence-electron chi connectivity index (χ1n) is 12.9. The zero-order valence-corrected chi connectivity index (χ0v) is 23.3. The average molecular weight is 548 g/mol. The van der Waals surface area contributed by atoms with E-state index in [4.69, 9.17) is 35.5 Å². The molecule has 1 N–H and O–H groups in total. The van der Waals surface area contributed by atoms with Crippen LogP contribution in [0.3, 0.4) is 0 Å². The van der Waals surface area contributed by atoms with Crippen LogP contribution in [0.25, 0.3) is 0 Å². The van der Waals surface area contributed by atoms with E-state index < -0.39 is 0 Å². The SMILES string of the molecule is COCOC(CCCc1cc(OCc2ccc(OC)cc2)nc(Nc2cccc(Cl)c2C)n1)c1ccccc1. The van der Waals surface area contributed by atoms with E-state index in [1.807, 2.05) is 73.7 Å². The summed E-state index contributed by atoms with van der Waals surface area (Å²) in [7, 11) is 3.28. The number of hydrogen-bond donors (Lipinski definition) is 1. The molecule has 4 rings (SSSR count). The fourth-order valence-electron chi connectivity index (χ4n) is 4.11. The van der Waals surface area contributed by atoms with Gasteiger partial charge in [0.05, 0.1) is 13.2 Å². The highest BCUT2D eigenvalue weighted by Crippen LogP contribution is 2.27. The third-order valence-corrected chi connectivity index (χ3v) is 6.68. The second kappa shape index (κ2) is 14.5. The van der Waals surface area contributed by atoms with Gasteiger partial charge in [0.2, 0.25) is 11.8 Å². The van der Waals surface area contributed by atoms with Crippen LogP contribution in [0.4, 0.5) is 11.6 Å². The predicted molar refractivity (Wildman–Crippen MR) is 154 cm³/mol. The number of nitrogens with one attached hydrogen (secondary N) is 1. The van der Waals surface area contributed by atoms with Gasteiger partial charge < -0.3 is 24.3 Å². The number of hydrogen-bond acceptors (Lipinski definition) is 7. The van der Waals surface area contributed by atoms with E-state index in [9.17, 15) is 0 Å². The van der Waals surface area contributed by atoms with Crippen LogP contribution >= 0.6 is 11.6 Å². The maximum atomic E-state index is 6.33. The van der Waals surface area contributed by atoms with Crippen LogP contribution in [-0.2, 0) is 22.5 Å². The standard InChI is InChI=1S/C31H34ClN3O4/c1-22-27(32)12-8-13-28(22)34-31-33-25(11-7-14-29(39-21-36-2)24-9-5-4-6-10-24)19-30(35-31)38-20-23-15-17-26(37-3)18-16-23/h4-6,8-10,12-13,15-19,29H,7,11,14,20-21H2,1-3H3,(H,33,34,35). The Bertz CT molecular complexity index is 1320. The van der Waals surface area contributed by atoms with Crippen molar-refractivity contribution in [1.29, 1.82) is 0 Å². The van der Waals surface area contributed by atoms with Crippen LogP contribution in [0.15, 0.2) is 78.9 Å². The molecule has 0 saturated heterocycles. The van der Waals surface area contributed by atoms with Crippen molar-refractivity contribution in [2.75, 3.05) is 26.3 Å². The van der Waals surface area contributed by atoms with Crippen molar-refractivity contribution in [3.8, 4) is 11.6 Å². The van der Waals surface area contributed by atoms with E-state index in [1.165, 1.54) is 0 Å². The first-order chi connectivity index (χ1) is 19.1. The molecule has 1 aromatic heterocycles. The number of ether oxygens (including phenoxy) is 4. The highest BCUT2D eigenvalue weighted by molar-refractivity contribution is 6.31. The molecule has 0 spiro atoms.